The predicted molar refractivity (Wildman–Crippen MR) is 84.1 cm³/mol. The van der Waals surface area contributed by atoms with Crippen LogP contribution in [-0.2, 0) is 10.0 Å². The van der Waals surface area contributed by atoms with Gasteiger partial charge in [-0.05, 0) is 17.5 Å². The zero-order chi connectivity index (χ0) is 15.0. The number of hydrogen-bond donors (Lipinski definition) is 0. The number of hydrogen-bond acceptors (Lipinski definition) is 4. The minimum atomic E-state index is -3.16. The third kappa shape index (κ3) is 2.95. The van der Waals surface area contributed by atoms with Crippen LogP contribution in [0.3, 0.4) is 0 Å². The van der Waals surface area contributed by atoms with Crippen LogP contribution in [0.1, 0.15) is 9.67 Å². The fourth-order valence-corrected chi connectivity index (χ4v) is 4.32. The smallest absolute Gasteiger partial charge is 0.264 e. The lowest BCUT2D eigenvalue weighted by Crippen LogP contribution is -2.50. The fourth-order valence-electron chi connectivity index (χ4n) is 2.47. The van der Waals surface area contributed by atoms with Gasteiger partial charge in [0, 0.05) is 30.9 Å². The second-order valence-corrected chi connectivity index (χ2v) is 8.17. The highest BCUT2D eigenvalue weighted by atomic mass is 32.2. The van der Waals surface area contributed by atoms with E-state index in [1.54, 1.807) is 4.90 Å². The summed E-state index contributed by atoms with van der Waals surface area (Å²) in [4.78, 5) is 14.9. The lowest BCUT2D eigenvalue weighted by Gasteiger charge is -2.32. The van der Waals surface area contributed by atoms with Gasteiger partial charge in [0.15, 0.2) is 0 Å². The molecule has 1 fully saturated rings. The first kappa shape index (κ1) is 14.5. The maximum absolute atomic E-state index is 12.5. The average Bonchev–Trinajstić information content (AvgIpc) is 2.89. The zero-order valence-electron chi connectivity index (χ0n) is 11.7. The van der Waals surface area contributed by atoms with Crippen molar-refractivity contribution in [2.24, 2.45) is 0 Å². The molecule has 1 saturated heterocycles. The quantitative estimate of drug-likeness (QED) is 0.843. The lowest BCUT2D eigenvalue weighted by atomic mass is 10.2. The van der Waals surface area contributed by atoms with Crippen molar-refractivity contribution in [3.8, 4) is 0 Å². The summed E-state index contributed by atoms with van der Waals surface area (Å²) < 4.78 is 25.5. The molecule has 0 unspecified atom stereocenters. The van der Waals surface area contributed by atoms with Gasteiger partial charge >= 0.3 is 0 Å². The van der Waals surface area contributed by atoms with Gasteiger partial charge in [0.05, 0.1) is 11.1 Å². The van der Waals surface area contributed by atoms with Crippen LogP contribution >= 0.6 is 11.3 Å². The Hall–Kier alpha value is -1.44. The minimum Gasteiger partial charge on any atom is -0.335 e. The van der Waals surface area contributed by atoms with Crippen molar-refractivity contribution in [2.45, 2.75) is 0 Å². The van der Waals surface area contributed by atoms with E-state index in [4.69, 9.17) is 0 Å². The number of thiophene rings is 1. The zero-order valence-corrected chi connectivity index (χ0v) is 13.3. The number of benzene rings is 1. The molecule has 2 heterocycles. The topological polar surface area (TPSA) is 57.7 Å². The highest BCUT2D eigenvalue weighted by Gasteiger charge is 2.27. The summed E-state index contributed by atoms with van der Waals surface area (Å²) in [7, 11) is -3.16. The molecule has 2 aromatic rings. The van der Waals surface area contributed by atoms with Crippen LogP contribution in [0.4, 0.5) is 0 Å². The van der Waals surface area contributed by atoms with Gasteiger partial charge in [-0.15, -0.1) is 11.3 Å². The molecule has 1 aromatic heterocycles. The maximum Gasteiger partial charge on any atom is 0.264 e. The number of nitrogens with zero attached hydrogens (tertiary/aromatic N) is 2. The third-order valence-electron chi connectivity index (χ3n) is 3.63. The number of amides is 1. The summed E-state index contributed by atoms with van der Waals surface area (Å²) >= 11 is 1.48. The molecular formula is C14H16N2O3S2. The third-order valence-corrected chi connectivity index (χ3v) is 6.04. The van der Waals surface area contributed by atoms with E-state index in [1.165, 1.54) is 21.9 Å². The molecule has 0 radical (unpaired) electrons. The van der Waals surface area contributed by atoms with Gasteiger partial charge in [0.25, 0.3) is 5.91 Å². The first-order chi connectivity index (χ1) is 9.95. The van der Waals surface area contributed by atoms with Crippen LogP contribution in [0.5, 0.6) is 0 Å². The molecule has 112 valence electrons. The van der Waals surface area contributed by atoms with E-state index < -0.39 is 10.0 Å². The highest BCUT2D eigenvalue weighted by Crippen LogP contribution is 2.26. The van der Waals surface area contributed by atoms with E-state index >= 15 is 0 Å². The van der Waals surface area contributed by atoms with E-state index in [-0.39, 0.29) is 5.91 Å². The standard InChI is InChI=1S/C14H16N2O3S2/c1-21(18,19)16-8-6-15(7-9-16)14(17)13-10-11-4-2-3-5-12(11)20-13/h2-5,10H,6-9H2,1H3. The van der Waals surface area contributed by atoms with Crippen molar-refractivity contribution < 1.29 is 13.2 Å². The van der Waals surface area contributed by atoms with Gasteiger partial charge in [0.1, 0.15) is 0 Å². The van der Waals surface area contributed by atoms with Crippen molar-refractivity contribution in [2.75, 3.05) is 32.4 Å². The minimum absolute atomic E-state index is 0.00986. The second kappa shape index (κ2) is 5.40. The number of fused-ring (bicyclic) bond motifs is 1. The number of sulfonamides is 1. The SMILES string of the molecule is CS(=O)(=O)N1CCN(C(=O)c2cc3ccccc3s2)CC1. The van der Waals surface area contributed by atoms with Crippen LogP contribution < -0.4 is 0 Å². The molecule has 0 aliphatic carbocycles. The number of rotatable bonds is 2. The molecule has 1 amide bonds. The lowest BCUT2D eigenvalue weighted by molar-refractivity contribution is 0.0703. The van der Waals surface area contributed by atoms with E-state index in [0.717, 1.165) is 10.1 Å². The first-order valence-corrected chi connectivity index (χ1v) is 9.34. The van der Waals surface area contributed by atoms with E-state index in [2.05, 4.69) is 0 Å². The van der Waals surface area contributed by atoms with E-state index in [1.807, 2.05) is 30.3 Å². The normalized spacial score (nSPS) is 17.3. The van der Waals surface area contributed by atoms with Gasteiger partial charge in [-0.25, -0.2) is 8.42 Å². The molecular weight excluding hydrogens is 308 g/mol. The van der Waals surface area contributed by atoms with E-state index in [9.17, 15) is 13.2 Å². The van der Waals surface area contributed by atoms with E-state index in [0.29, 0.717) is 31.1 Å². The van der Waals surface area contributed by atoms with Crippen LogP contribution in [0.2, 0.25) is 0 Å². The first-order valence-electron chi connectivity index (χ1n) is 6.68. The van der Waals surface area contributed by atoms with Crippen molar-refractivity contribution in [1.82, 2.24) is 9.21 Å². The largest absolute Gasteiger partial charge is 0.335 e. The van der Waals surface area contributed by atoms with Crippen molar-refractivity contribution in [3.05, 3.63) is 35.2 Å². The molecule has 1 aliphatic rings. The molecule has 0 saturated carbocycles. The Bertz CT molecular complexity index is 741. The molecule has 0 bridgehead atoms. The monoisotopic (exact) mass is 324 g/mol. The van der Waals surface area contributed by atoms with Gasteiger partial charge in [0.2, 0.25) is 10.0 Å². The number of carbonyl (C=O) groups is 1. The summed E-state index contributed by atoms with van der Waals surface area (Å²) in [6, 6.07) is 9.81. The van der Waals surface area contributed by atoms with Crippen molar-refractivity contribution >= 4 is 37.4 Å². The van der Waals surface area contributed by atoms with Crippen LogP contribution in [0, 0.1) is 0 Å². The summed E-state index contributed by atoms with van der Waals surface area (Å²) in [5.74, 6) is -0.00986. The van der Waals surface area contributed by atoms with Gasteiger partial charge in [-0.2, -0.15) is 4.31 Å². The molecule has 0 spiro atoms. The molecule has 5 nitrogen and oxygen atoms in total. The molecule has 3 rings (SSSR count). The Morgan fingerprint density at radius 3 is 2.43 bits per heavy atom. The Morgan fingerprint density at radius 1 is 1.14 bits per heavy atom. The Balaban J connectivity index is 1.75. The van der Waals surface area contributed by atoms with Gasteiger partial charge < -0.3 is 4.90 Å². The fraction of sp³-hybridized carbons (Fsp3) is 0.357. The van der Waals surface area contributed by atoms with Crippen molar-refractivity contribution in [3.63, 3.8) is 0 Å². The predicted octanol–water partition coefficient (Wildman–Crippen LogP) is 1.62. The molecule has 7 heteroatoms. The second-order valence-electron chi connectivity index (χ2n) is 5.10. The molecule has 0 N–H and O–H groups in total. The van der Waals surface area contributed by atoms with Gasteiger partial charge in [-0.1, -0.05) is 18.2 Å². The highest BCUT2D eigenvalue weighted by molar-refractivity contribution is 7.88. The summed E-state index contributed by atoms with van der Waals surface area (Å²) in [5.41, 5.74) is 0. The Morgan fingerprint density at radius 2 is 1.81 bits per heavy atom. The molecule has 1 aromatic carbocycles. The van der Waals surface area contributed by atoms with Gasteiger partial charge in [-0.3, -0.25) is 4.79 Å². The average molecular weight is 324 g/mol. The Kier molecular flexibility index (Phi) is 3.73. The summed E-state index contributed by atoms with van der Waals surface area (Å²) in [5, 5.41) is 1.07. The van der Waals surface area contributed by atoms with Crippen LogP contribution in [-0.4, -0.2) is 56.0 Å². The number of carbonyl (C=O) groups excluding carboxylic acids is 1. The summed E-state index contributed by atoms with van der Waals surface area (Å²) in [6.45, 7) is 1.63. The van der Waals surface area contributed by atoms with Crippen LogP contribution in [0.15, 0.2) is 30.3 Å². The molecule has 1 aliphatic heterocycles. The molecule has 0 atom stereocenters. The maximum atomic E-state index is 12.5. The van der Waals surface area contributed by atoms with Crippen molar-refractivity contribution in [1.29, 1.82) is 0 Å². The summed E-state index contributed by atoms with van der Waals surface area (Å²) in [6.07, 6.45) is 1.20. The molecule has 21 heavy (non-hydrogen) atoms. The Labute approximate surface area is 127 Å². The number of piperazine rings is 1. The van der Waals surface area contributed by atoms with Crippen LogP contribution in [0.25, 0.3) is 10.1 Å².